The van der Waals surface area contributed by atoms with Crippen LogP contribution in [0.5, 0.6) is 0 Å². The van der Waals surface area contributed by atoms with Crippen molar-refractivity contribution in [2.45, 2.75) is 51.9 Å². The van der Waals surface area contributed by atoms with E-state index >= 15 is 0 Å². The average molecular weight is 395 g/mol. The van der Waals surface area contributed by atoms with Gasteiger partial charge in [-0.3, -0.25) is 4.79 Å². The van der Waals surface area contributed by atoms with Gasteiger partial charge in [0.25, 0.3) is 0 Å². The quantitative estimate of drug-likeness (QED) is 0.614. The summed E-state index contributed by atoms with van der Waals surface area (Å²) in [6.07, 6.45) is 0.997. The Kier molecular flexibility index (Phi) is 7.53. The lowest BCUT2D eigenvalue weighted by Gasteiger charge is -2.26. The maximum Gasteiger partial charge on any atom is 0.233 e. The number of thioether (sulfide) groups is 1. The third-order valence-electron chi connectivity index (χ3n) is 4.31. The zero-order valence-corrected chi connectivity index (χ0v) is 17.6. The second kappa shape index (κ2) is 9.42. The van der Waals surface area contributed by atoms with E-state index in [0.29, 0.717) is 16.7 Å². The standard InChI is InChI=1S/C19H27ClN4OS/c1-6-24-18(15-8-7-9-16(20)11-15)21-22-19(24)26-12-17(25)23(5)14(4)10-13(2)3/h7-9,11,13-14H,6,10,12H2,1-5H3. The highest BCUT2D eigenvalue weighted by molar-refractivity contribution is 7.99. The molecule has 7 heteroatoms. The Hall–Kier alpha value is -1.53. The Balaban J connectivity index is 2.07. The Morgan fingerprint density at radius 1 is 1.31 bits per heavy atom. The van der Waals surface area contributed by atoms with Crippen LogP contribution in [0.15, 0.2) is 29.4 Å². The maximum atomic E-state index is 12.5. The fourth-order valence-corrected chi connectivity index (χ4v) is 3.95. The van der Waals surface area contributed by atoms with Crippen LogP contribution in [0.4, 0.5) is 0 Å². The average Bonchev–Trinajstić information content (AvgIpc) is 3.01. The first-order valence-electron chi connectivity index (χ1n) is 8.91. The first kappa shape index (κ1) is 20.8. The number of halogens is 1. The molecule has 1 aromatic heterocycles. The molecule has 1 heterocycles. The van der Waals surface area contributed by atoms with E-state index in [-0.39, 0.29) is 11.9 Å². The van der Waals surface area contributed by atoms with Gasteiger partial charge in [-0.15, -0.1) is 10.2 Å². The minimum atomic E-state index is 0.109. The third kappa shape index (κ3) is 5.24. The Morgan fingerprint density at radius 3 is 2.65 bits per heavy atom. The molecule has 0 aliphatic carbocycles. The predicted octanol–water partition coefficient (Wildman–Crippen LogP) is 4.60. The predicted molar refractivity (Wildman–Crippen MR) is 109 cm³/mol. The van der Waals surface area contributed by atoms with Crippen molar-refractivity contribution in [3.05, 3.63) is 29.3 Å². The van der Waals surface area contributed by atoms with Crippen LogP contribution in [-0.2, 0) is 11.3 Å². The molecular formula is C19H27ClN4OS. The van der Waals surface area contributed by atoms with E-state index in [1.54, 1.807) is 0 Å². The molecule has 2 aromatic rings. The SMILES string of the molecule is CCn1c(SCC(=O)N(C)C(C)CC(C)C)nnc1-c1cccc(Cl)c1. The molecule has 0 saturated carbocycles. The fourth-order valence-electron chi connectivity index (χ4n) is 2.84. The number of aromatic nitrogens is 3. The van der Waals surface area contributed by atoms with Gasteiger partial charge >= 0.3 is 0 Å². The van der Waals surface area contributed by atoms with Gasteiger partial charge in [-0.2, -0.15) is 0 Å². The normalized spacial score (nSPS) is 12.4. The van der Waals surface area contributed by atoms with Crippen LogP contribution >= 0.6 is 23.4 Å². The van der Waals surface area contributed by atoms with Crippen molar-refractivity contribution >= 4 is 29.3 Å². The molecule has 0 fully saturated rings. The maximum absolute atomic E-state index is 12.5. The van der Waals surface area contributed by atoms with E-state index in [2.05, 4.69) is 31.0 Å². The number of rotatable bonds is 8. The monoisotopic (exact) mass is 394 g/mol. The van der Waals surface area contributed by atoms with Crippen LogP contribution in [0.3, 0.4) is 0 Å². The number of benzene rings is 1. The van der Waals surface area contributed by atoms with Crippen molar-refractivity contribution in [1.82, 2.24) is 19.7 Å². The third-order valence-corrected chi connectivity index (χ3v) is 5.49. The van der Waals surface area contributed by atoms with Gasteiger partial charge in [0.15, 0.2) is 11.0 Å². The van der Waals surface area contributed by atoms with Crippen molar-refractivity contribution in [3.8, 4) is 11.4 Å². The summed E-state index contributed by atoms with van der Waals surface area (Å²) < 4.78 is 2.02. The molecule has 0 aliphatic heterocycles. The second-order valence-electron chi connectivity index (χ2n) is 6.83. The highest BCUT2D eigenvalue weighted by atomic mass is 35.5. The van der Waals surface area contributed by atoms with E-state index in [9.17, 15) is 4.79 Å². The number of amides is 1. The highest BCUT2D eigenvalue weighted by Crippen LogP contribution is 2.26. The molecule has 0 aliphatic rings. The van der Waals surface area contributed by atoms with Gasteiger partial charge in [0.1, 0.15) is 0 Å². The highest BCUT2D eigenvalue weighted by Gasteiger charge is 2.19. The zero-order chi connectivity index (χ0) is 19.3. The molecule has 0 spiro atoms. The van der Waals surface area contributed by atoms with Crippen LogP contribution in [-0.4, -0.2) is 44.4 Å². The van der Waals surface area contributed by atoms with E-state index in [0.717, 1.165) is 29.5 Å². The summed E-state index contributed by atoms with van der Waals surface area (Å²) in [5.74, 6) is 1.80. The summed E-state index contributed by atoms with van der Waals surface area (Å²) in [7, 11) is 1.87. The number of nitrogens with zero attached hydrogens (tertiary/aromatic N) is 4. The van der Waals surface area contributed by atoms with Gasteiger partial charge in [-0.05, 0) is 38.3 Å². The summed E-state index contributed by atoms with van der Waals surface area (Å²) in [5.41, 5.74) is 0.924. The molecule has 1 unspecified atom stereocenters. The first-order chi connectivity index (χ1) is 12.3. The van der Waals surface area contributed by atoms with E-state index in [1.807, 2.05) is 47.7 Å². The van der Waals surface area contributed by atoms with Gasteiger partial charge in [0, 0.05) is 30.2 Å². The van der Waals surface area contributed by atoms with Crippen LogP contribution in [0.1, 0.15) is 34.1 Å². The number of hydrogen-bond donors (Lipinski definition) is 0. The van der Waals surface area contributed by atoms with Crippen molar-refractivity contribution < 1.29 is 4.79 Å². The first-order valence-corrected chi connectivity index (χ1v) is 10.3. The van der Waals surface area contributed by atoms with Gasteiger partial charge in [-0.1, -0.05) is 49.3 Å². The van der Waals surface area contributed by atoms with Crippen molar-refractivity contribution in [1.29, 1.82) is 0 Å². The van der Waals surface area contributed by atoms with Crippen molar-refractivity contribution in [3.63, 3.8) is 0 Å². The summed E-state index contributed by atoms with van der Waals surface area (Å²) in [6.45, 7) is 9.20. The number of carbonyl (C=O) groups is 1. The molecular weight excluding hydrogens is 368 g/mol. The molecule has 142 valence electrons. The van der Waals surface area contributed by atoms with Gasteiger partial charge < -0.3 is 9.47 Å². The molecule has 0 saturated heterocycles. The van der Waals surface area contributed by atoms with Crippen LogP contribution in [0.2, 0.25) is 5.02 Å². The summed E-state index contributed by atoms with van der Waals surface area (Å²) in [5, 5.41) is 10.00. The van der Waals surface area contributed by atoms with Crippen LogP contribution < -0.4 is 0 Å². The molecule has 1 atom stereocenters. The minimum absolute atomic E-state index is 0.109. The molecule has 0 radical (unpaired) electrons. The lowest BCUT2D eigenvalue weighted by atomic mass is 10.0. The Bertz CT molecular complexity index is 747. The molecule has 2 rings (SSSR count). The second-order valence-corrected chi connectivity index (χ2v) is 8.21. The van der Waals surface area contributed by atoms with E-state index < -0.39 is 0 Å². The van der Waals surface area contributed by atoms with E-state index in [1.165, 1.54) is 11.8 Å². The summed E-state index contributed by atoms with van der Waals surface area (Å²) >= 11 is 7.52. The lowest BCUT2D eigenvalue weighted by Crippen LogP contribution is -2.37. The summed E-state index contributed by atoms with van der Waals surface area (Å²) in [4.78, 5) is 14.3. The van der Waals surface area contributed by atoms with Crippen LogP contribution in [0.25, 0.3) is 11.4 Å². The molecule has 0 bridgehead atoms. The molecule has 0 N–H and O–H groups in total. The molecule has 5 nitrogen and oxygen atoms in total. The Morgan fingerprint density at radius 2 is 2.04 bits per heavy atom. The molecule has 1 aromatic carbocycles. The number of hydrogen-bond acceptors (Lipinski definition) is 4. The van der Waals surface area contributed by atoms with Gasteiger partial charge in [0.05, 0.1) is 5.75 Å². The van der Waals surface area contributed by atoms with Gasteiger partial charge in [0.2, 0.25) is 5.91 Å². The summed E-state index contributed by atoms with van der Waals surface area (Å²) in [6, 6.07) is 7.80. The lowest BCUT2D eigenvalue weighted by molar-refractivity contribution is -0.129. The topological polar surface area (TPSA) is 51.0 Å². The zero-order valence-electron chi connectivity index (χ0n) is 16.1. The molecule has 1 amide bonds. The largest absolute Gasteiger partial charge is 0.342 e. The Labute approximate surface area is 165 Å². The number of carbonyl (C=O) groups excluding carboxylic acids is 1. The van der Waals surface area contributed by atoms with Crippen molar-refractivity contribution in [2.75, 3.05) is 12.8 Å². The smallest absolute Gasteiger partial charge is 0.233 e. The van der Waals surface area contributed by atoms with Crippen LogP contribution in [0, 0.1) is 5.92 Å². The van der Waals surface area contributed by atoms with Crippen molar-refractivity contribution in [2.24, 2.45) is 5.92 Å². The minimum Gasteiger partial charge on any atom is -0.342 e. The fraction of sp³-hybridized carbons (Fsp3) is 0.526. The van der Waals surface area contributed by atoms with E-state index in [4.69, 9.17) is 11.6 Å². The molecule has 26 heavy (non-hydrogen) atoms. The van der Waals surface area contributed by atoms with Gasteiger partial charge in [-0.25, -0.2) is 0 Å².